The summed E-state index contributed by atoms with van der Waals surface area (Å²) in [5, 5.41) is 0.900. The Morgan fingerprint density at radius 1 is 0.571 bits per heavy atom. The maximum absolute atomic E-state index is 6.10. The fourth-order valence-corrected chi connectivity index (χ4v) is 7.05. The van der Waals surface area contributed by atoms with Crippen LogP contribution in [0.3, 0.4) is 0 Å². The third-order valence-corrected chi connectivity index (χ3v) is 8.92. The number of rotatable bonds is 2. The molecule has 4 heterocycles. The maximum atomic E-state index is 6.10. The Kier molecular flexibility index (Phi) is 7.48. The Morgan fingerprint density at radius 3 is 1.45 bits per heavy atom. The number of hydrogen-bond donors (Lipinski definition) is 0. The molecule has 0 saturated carbocycles. The van der Waals surface area contributed by atoms with Crippen LogP contribution in [0.5, 0.6) is 0 Å². The molecule has 0 spiro atoms. The molecule has 2 aliphatic carbocycles. The molecule has 4 aromatic heterocycles. The largest absolute Gasteiger partial charge is 0.307 e. The molecule has 0 unspecified atom stereocenters. The van der Waals surface area contributed by atoms with Crippen molar-refractivity contribution in [3.05, 3.63) is 104 Å². The van der Waals surface area contributed by atoms with Crippen molar-refractivity contribution >= 4 is 68.7 Å². The molecule has 42 heavy (non-hydrogen) atoms. The Morgan fingerprint density at radius 2 is 1.00 bits per heavy atom. The van der Waals surface area contributed by atoms with E-state index < -0.39 is 0 Å². The topological polar surface area (TPSA) is 87.2 Å². The summed E-state index contributed by atoms with van der Waals surface area (Å²) in [6, 6.07) is 17.5. The zero-order valence-electron chi connectivity index (χ0n) is 22.3. The van der Waals surface area contributed by atoms with E-state index in [0.717, 1.165) is 38.5 Å². The zero-order chi connectivity index (χ0) is 28.8. The third-order valence-electron chi connectivity index (χ3n) is 8.05. The van der Waals surface area contributed by atoms with Crippen LogP contribution >= 0.6 is 46.4 Å². The summed E-state index contributed by atoms with van der Waals surface area (Å²) in [6.45, 7) is 0. The molecule has 0 radical (unpaired) electrons. The van der Waals surface area contributed by atoms with Gasteiger partial charge in [-0.2, -0.15) is 9.97 Å². The zero-order valence-corrected chi connectivity index (χ0v) is 25.3. The predicted octanol–water partition coefficient (Wildman–Crippen LogP) is 8.12. The van der Waals surface area contributed by atoms with Gasteiger partial charge < -0.3 is 9.13 Å². The van der Waals surface area contributed by atoms with Gasteiger partial charge in [-0.1, -0.05) is 71.7 Å². The first-order valence-electron chi connectivity index (χ1n) is 13.7. The minimum absolute atomic E-state index is 0.151. The van der Waals surface area contributed by atoms with Crippen LogP contribution in [-0.4, -0.2) is 39.0 Å². The Balaban J connectivity index is 0.000000137. The SMILES string of the molecule is Clc1nc(Cl)c2ncn([C@@H]3CCCc4ccccc43)c2n1.Clc1nc(Cl)c2ncn([C@H]3CCCc4ccccc43)c2n1. The third kappa shape index (κ3) is 5.00. The Labute approximate surface area is 261 Å². The van der Waals surface area contributed by atoms with Gasteiger partial charge in [-0.05, 0) is 84.0 Å². The fourth-order valence-electron chi connectivity index (χ4n) is 6.21. The highest BCUT2D eigenvalue weighted by Crippen LogP contribution is 2.36. The van der Waals surface area contributed by atoms with Crippen molar-refractivity contribution < 1.29 is 0 Å². The molecule has 8 rings (SSSR count). The molecule has 0 saturated heterocycles. The van der Waals surface area contributed by atoms with Crippen LogP contribution in [0.25, 0.3) is 22.3 Å². The van der Waals surface area contributed by atoms with Crippen LogP contribution in [0.2, 0.25) is 20.9 Å². The van der Waals surface area contributed by atoms with Crippen molar-refractivity contribution in [2.45, 2.75) is 50.6 Å². The van der Waals surface area contributed by atoms with Crippen LogP contribution in [0, 0.1) is 0 Å². The van der Waals surface area contributed by atoms with Gasteiger partial charge >= 0.3 is 0 Å². The quantitative estimate of drug-likeness (QED) is 0.141. The van der Waals surface area contributed by atoms with Gasteiger partial charge in [-0.15, -0.1) is 0 Å². The summed E-state index contributed by atoms with van der Waals surface area (Å²) in [5.41, 5.74) is 8.03. The van der Waals surface area contributed by atoms with E-state index in [1.165, 1.54) is 22.3 Å². The molecule has 212 valence electrons. The first-order chi connectivity index (χ1) is 20.5. The lowest BCUT2D eigenvalue weighted by Crippen LogP contribution is -2.17. The summed E-state index contributed by atoms with van der Waals surface area (Å²) in [7, 11) is 0. The van der Waals surface area contributed by atoms with Crippen LogP contribution in [0.15, 0.2) is 61.2 Å². The lowest BCUT2D eigenvalue weighted by molar-refractivity contribution is 0.497. The van der Waals surface area contributed by atoms with Crippen LogP contribution in [-0.2, 0) is 12.8 Å². The molecule has 0 amide bonds. The molecular formula is C30H24Cl4N8. The number of hydrogen-bond acceptors (Lipinski definition) is 6. The van der Waals surface area contributed by atoms with Gasteiger partial charge in [-0.25, -0.2) is 19.9 Å². The standard InChI is InChI=1S/2C15H12Cl2N4/c2*16-13-12-14(20-15(17)19-13)21(8-18-12)11-7-3-5-9-4-1-2-6-10(9)11/h2*1-2,4,6,8,11H,3,5,7H2/t2*11-/m10/s1. The smallest absolute Gasteiger partial charge is 0.225 e. The summed E-state index contributed by atoms with van der Waals surface area (Å²) >= 11 is 24.1. The second kappa shape index (κ2) is 11.4. The fraction of sp³-hybridized carbons (Fsp3) is 0.267. The second-order valence-corrected chi connectivity index (χ2v) is 11.8. The minimum Gasteiger partial charge on any atom is -0.307 e. The lowest BCUT2D eigenvalue weighted by atomic mass is 9.87. The first kappa shape index (κ1) is 27.5. The molecule has 6 aromatic rings. The first-order valence-corrected chi connectivity index (χ1v) is 15.3. The van der Waals surface area contributed by atoms with Gasteiger partial charge in [0.05, 0.1) is 24.7 Å². The summed E-state index contributed by atoms with van der Waals surface area (Å²) in [5.74, 6) is 0. The summed E-state index contributed by atoms with van der Waals surface area (Å²) in [6.07, 6.45) is 10.2. The molecule has 2 aromatic carbocycles. The average molecular weight is 638 g/mol. The van der Waals surface area contributed by atoms with Crippen molar-refractivity contribution in [3.8, 4) is 0 Å². The van der Waals surface area contributed by atoms with Crippen molar-refractivity contribution in [2.75, 3.05) is 0 Å². The highest BCUT2D eigenvalue weighted by Gasteiger charge is 2.25. The Bertz CT molecular complexity index is 1790. The number of imidazole rings is 2. The van der Waals surface area contributed by atoms with Crippen LogP contribution in [0.4, 0.5) is 0 Å². The van der Waals surface area contributed by atoms with Gasteiger partial charge in [0.15, 0.2) is 21.6 Å². The molecule has 2 aliphatic rings. The number of fused-ring (bicyclic) bond motifs is 4. The van der Waals surface area contributed by atoms with Crippen molar-refractivity contribution in [3.63, 3.8) is 0 Å². The molecule has 2 atom stereocenters. The van der Waals surface area contributed by atoms with E-state index in [4.69, 9.17) is 46.4 Å². The van der Waals surface area contributed by atoms with E-state index >= 15 is 0 Å². The molecule has 0 N–H and O–H groups in total. The van der Waals surface area contributed by atoms with Gasteiger partial charge in [0, 0.05) is 0 Å². The van der Waals surface area contributed by atoms with Crippen molar-refractivity contribution in [1.29, 1.82) is 0 Å². The summed E-state index contributed by atoms with van der Waals surface area (Å²) < 4.78 is 4.12. The second-order valence-electron chi connectivity index (χ2n) is 10.4. The van der Waals surface area contributed by atoms with Gasteiger partial charge in [0.2, 0.25) is 10.6 Å². The average Bonchev–Trinajstić information content (AvgIpc) is 3.62. The minimum atomic E-state index is 0.151. The number of nitrogens with zero attached hydrogens (tertiary/aromatic N) is 8. The summed E-state index contributed by atoms with van der Waals surface area (Å²) in [4.78, 5) is 25.2. The van der Waals surface area contributed by atoms with Crippen molar-refractivity contribution in [2.24, 2.45) is 0 Å². The van der Waals surface area contributed by atoms with Crippen molar-refractivity contribution in [1.82, 2.24) is 39.0 Å². The molecule has 12 heteroatoms. The predicted molar refractivity (Wildman–Crippen MR) is 166 cm³/mol. The highest BCUT2D eigenvalue weighted by atomic mass is 35.5. The molecule has 0 fully saturated rings. The number of halogens is 4. The number of aryl methyl sites for hydroxylation is 2. The molecule has 8 nitrogen and oxygen atoms in total. The molecule has 0 aliphatic heterocycles. The number of benzene rings is 2. The van der Waals surface area contributed by atoms with E-state index in [1.54, 1.807) is 12.7 Å². The maximum Gasteiger partial charge on any atom is 0.225 e. The molecule has 0 bridgehead atoms. The van der Waals surface area contributed by atoms with Crippen LogP contribution < -0.4 is 0 Å². The normalized spacial score (nSPS) is 17.9. The van der Waals surface area contributed by atoms with E-state index in [0.29, 0.717) is 32.6 Å². The van der Waals surface area contributed by atoms with Crippen LogP contribution in [0.1, 0.15) is 60.0 Å². The van der Waals surface area contributed by atoms with Gasteiger partial charge in [0.25, 0.3) is 0 Å². The monoisotopic (exact) mass is 636 g/mol. The van der Waals surface area contributed by atoms with E-state index in [1.807, 2.05) is 0 Å². The lowest BCUT2D eigenvalue weighted by Gasteiger charge is -2.26. The highest BCUT2D eigenvalue weighted by molar-refractivity contribution is 6.35. The van der Waals surface area contributed by atoms with E-state index in [9.17, 15) is 0 Å². The van der Waals surface area contributed by atoms with E-state index in [2.05, 4.69) is 87.6 Å². The Hall–Kier alpha value is -3.30. The molecular weight excluding hydrogens is 614 g/mol. The van der Waals surface area contributed by atoms with Gasteiger partial charge in [0.1, 0.15) is 11.0 Å². The van der Waals surface area contributed by atoms with Gasteiger partial charge in [-0.3, -0.25) is 0 Å². The number of aromatic nitrogens is 8. The van der Waals surface area contributed by atoms with E-state index in [-0.39, 0.29) is 22.7 Å².